The Morgan fingerprint density at radius 1 is 0.964 bits per heavy atom. The summed E-state index contributed by atoms with van der Waals surface area (Å²) in [5.74, 6) is 0.0119. The lowest BCUT2D eigenvalue weighted by atomic mass is 10.1. The first-order valence-corrected chi connectivity index (χ1v) is 9.37. The average Bonchev–Trinajstić information content (AvgIpc) is 3.30. The number of carbonyl (C=O) groups is 2. The molecule has 1 unspecified atom stereocenters. The molecule has 2 amide bonds. The number of nitrogens with zero attached hydrogens (tertiary/aromatic N) is 3. The van der Waals surface area contributed by atoms with Crippen molar-refractivity contribution in [3.05, 3.63) is 84.1 Å². The van der Waals surface area contributed by atoms with E-state index in [0.717, 1.165) is 11.1 Å². The smallest absolute Gasteiger partial charge is 0.230 e. The highest BCUT2D eigenvalue weighted by Crippen LogP contribution is 2.21. The van der Waals surface area contributed by atoms with Crippen molar-refractivity contribution in [1.82, 2.24) is 14.7 Å². The van der Waals surface area contributed by atoms with Gasteiger partial charge in [0.2, 0.25) is 11.8 Å². The number of benzene rings is 2. The molecular weight excluding hydrogens is 352 g/mol. The summed E-state index contributed by atoms with van der Waals surface area (Å²) in [5, 5.41) is 7.25. The molecule has 0 aliphatic carbocycles. The van der Waals surface area contributed by atoms with Crippen LogP contribution >= 0.6 is 0 Å². The number of aromatic nitrogens is 2. The summed E-state index contributed by atoms with van der Waals surface area (Å²) < 4.78 is 1.78. The minimum atomic E-state index is -0.351. The van der Waals surface area contributed by atoms with Gasteiger partial charge in [-0.2, -0.15) is 5.10 Å². The van der Waals surface area contributed by atoms with Crippen molar-refractivity contribution in [2.75, 3.05) is 11.9 Å². The molecule has 6 heteroatoms. The normalized spacial score (nSPS) is 16.4. The van der Waals surface area contributed by atoms with Crippen LogP contribution in [0, 0.1) is 5.92 Å². The lowest BCUT2D eigenvalue weighted by Gasteiger charge is -2.16. The monoisotopic (exact) mass is 374 g/mol. The maximum absolute atomic E-state index is 12.6. The number of rotatable bonds is 6. The van der Waals surface area contributed by atoms with Crippen LogP contribution in [0.3, 0.4) is 0 Å². The second-order valence-corrected chi connectivity index (χ2v) is 7.03. The second-order valence-electron chi connectivity index (χ2n) is 7.03. The third kappa shape index (κ3) is 4.28. The molecule has 0 radical (unpaired) electrons. The van der Waals surface area contributed by atoms with Gasteiger partial charge in [-0.25, -0.2) is 0 Å². The Hall–Kier alpha value is -3.41. The Kier molecular flexibility index (Phi) is 5.19. The number of amides is 2. The summed E-state index contributed by atoms with van der Waals surface area (Å²) in [5.41, 5.74) is 2.21. The standard InChI is InChI=1S/C22H22N4O2/c27-21-13-19(16-25(21)14-17-7-3-1-4-8-17)22(28)23-20-11-12-26(24-20)15-18-9-5-2-6-10-18/h1-12,19H,13-16H2,(H,23,24,28). The van der Waals surface area contributed by atoms with E-state index >= 15 is 0 Å². The van der Waals surface area contributed by atoms with E-state index in [0.29, 0.717) is 25.5 Å². The fourth-order valence-electron chi connectivity index (χ4n) is 3.42. The third-order valence-corrected chi connectivity index (χ3v) is 4.88. The number of carbonyl (C=O) groups excluding carboxylic acids is 2. The zero-order valence-electron chi connectivity index (χ0n) is 15.5. The zero-order valence-corrected chi connectivity index (χ0v) is 15.5. The van der Waals surface area contributed by atoms with E-state index in [1.807, 2.05) is 66.9 Å². The molecule has 1 atom stereocenters. The Morgan fingerprint density at radius 2 is 1.61 bits per heavy atom. The summed E-state index contributed by atoms with van der Waals surface area (Å²) in [6, 6.07) is 21.6. The first-order valence-electron chi connectivity index (χ1n) is 9.37. The Bertz CT molecular complexity index is 953. The fraction of sp³-hybridized carbons (Fsp3) is 0.227. The van der Waals surface area contributed by atoms with E-state index < -0.39 is 0 Å². The van der Waals surface area contributed by atoms with Crippen LogP contribution in [0.15, 0.2) is 72.9 Å². The van der Waals surface area contributed by atoms with Gasteiger partial charge in [0.05, 0.1) is 12.5 Å². The lowest BCUT2D eigenvalue weighted by molar-refractivity contribution is -0.128. The molecule has 0 saturated carbocycles. The predicted octanol–water partition coefficient (Wildman–Crippen LogP) is 2.92. The molecule has 1 aliphatic heterocycles. The minimum absolute atomic E-state index is 0.0126. The Balaban J connectivity index is 1.33. The number of likely N-dealkylation sites (tertiary alicyclic amines) is 1. The molecule has 1 fully saturated rings. The van der Waals surface area contributed by atoms with E-state index in [4.69, 9.17) is 0 Å². The van der Waals surface area contributed by atoms with Gasteiger partial charge in [-0.1, -0.05) is 60.7 Å². The van der Waals surface area contributed by atoms with E-state index in [-0.39, 0.29) is 24.2 Å². The zero-order chi connectivity index (χ0) is 19.3. The molecule has 0 spiro atoms. The summed E-state index contributed by atoms with van der Waals surface area (Å²) in [4.78, 5) is 26.6. The van der Waals surface area contributed by atoms with Gasteiger partial charge in [0.25, 0.3) is 0 Å². The molecule has 1 N–H and O–H groups in total. The quantitative estimate of drug-likeness (QED) is 0.721. The van der Waals surface area contributed by atoms with E-state index in [2.05, 4.69) is 10.4 Å². The molecule has 4 rings (SSSR count). The first kappa shape index (κ1) is 18.0. The highest BCUT2D eigenvalue weighted by molar-refractivity contribution is 5.96. The van der Waals surface area contributed by atoms with Crippen LogP contribution in [-0.2, 0) is 22.7 Å². The first-order chi connectivity index (χ1) is 13.7. The third-order valence-electron chi connectivity index (χ3n) is 4.88. The van der Waals surface area contributed by atoms with Gasteiger partial charge in [0, 0.05) is 31.8 Å². The molecule has 1 aliphatic rings. The molecule has 28 heavy (non-hydrogen) atoms. The van der Waals surface area contributed by atoms with Crippen LogP contribution in [0.25, 0.3) is 0 Å². The SMILES string of the molecule is O=C(Nc1ccn(Cc2ccccc2)n1)C1CC(=O)N(Cc2ccccc2)C1. The number of anilines is 1. The lowest BCUT2D eigenvalue weighted by Crippen LogP contribution is -2.28. The van der Waals surface area contributed by atoms with Crippen LogP contribution < -0.4 is 5.32 Å². The van der Waals surface area contributed by atoms with Crippen molar-refractivity contribution in [3.8, 4) is 0 Å². The topological polar surface area (TPSA) is 67.2 Å². The summed E-state index contributed by atoms with van der Waals surface area (Å²) in [7, 11) is 0. The van der Waals surface area contributed by atoms with Gasteiger partial charge >= 0.3 is 0 Å². The maximum atomic E-state index is 12.6. The summed E-state index contributed by atoms with van der Waals surface area (Å²) in [6.45, 7) is 1.61. The van der Waals surface area contributed by atoms with Crippen molar-refractivity contribution in [2.24, 2.45) is 5.92 Å². The number of nitrogens with one attached hydrogen (secondary N) is 1. The van der Waals surface area contributed by atoms with Crippen molar-refractivity contribution in [2.45, 2.75) is 19.5 Å². The van der Waals surface area contributed by atoms with E-state index in [1.54, 1.807) is 15.6 Å². The minimum Gasteiger partial charge on any atom is -0.338 e. The van der Waals surface area contributed by atoms with Crippen molar-refractivity contribution in [1.29, 1.82) is 0 Å². The second kappa shape index (κ2) is 8.08. The summed E-state index contributed by atoms with van der Waals surface area (Å²) in [6.07, 6.45) is 2.08. The van der Waals surface area contributed by atoms with Crippen LogP contribution in [0.4, 0.5) is 5.82 Å². The van der Waals surface area contributed by atoms with Crippen LogP contribution in [-0.4, -0.2) is 33.0 Å². The predicted molar refractivity (Wildman–Crippen MR) is 106 cm³/mol. The molecule has 1 saturated heterocycles. The number of hydrogen-bond acceptors (Lipinski definition) is 3. The number of hydrogen-bond donors (Lipinski definition) is 1. The van der Waals surface area contributed by atoms with E-state index in [9.17, 15) is 9.59 Å². The largest absolute Gasteiger partial charge is 0.338 e. The van der Waals surface area contributed by atoms with E-state index in [1.165, 1.54) is 0 Å². The van der Waals surface area contributed by atoms with Gasteiger partial charge in [-0.05, 0) is 11.1 Å². The van der Waals surface area contributed by atoms with Crippen molar-refractivity contribution >= 4 is 17.6 Å². The Morgan fingerprint density at radius 3 is 2.29 bits per heavy atom. The molecule has 2 heterocycles. The van der Waals surface area contributed by atoms with Crippen molar-refractivity contribution < 1.29 is 9.59 Å². The van der Waals surface area contributed by atoms with Crippen molar-refractivity contribution in [3.63, 3.8) is 0 Å². The van der Waals surface area contributed by atoms with Gasteiger partial charge < -0.3 is 10.2 Å². The van der Waals surface area contributed by atoms with Gasteiger partial charge in [-0.3, -0.25) is 14.3 Å². The summed E-state index contributed by atoms with van der Waals surface area (Å²) >= 11 is 0. The average molecular weight is 374 g/mol. The molecule has 142 valence electrons. The maximum Gasteiger partial charge on any atom is 0.230 e. The molecule has 6 nitrogen and oxygen atoms in total. The molecule has 2 aromatic carbocycles. The van der Waals surface area contributed by atoms with Gasteiger partial charge in [0.15, 0.2) is 5.82 Å². The van der Waals surface area contributed by atoms with Crippen LogP contribution in [0.5, 0.6) is 0 Å². The highest BCUT2D eigenvalue weighted by Gasteiger charge is 2.34. The molecule has 0 bridgehead atoms. The Labute approximate surface area is 163 Å². The van der Waals surface area contributed by atoms with Crippen LogP contribution in [0.2, 0.25) is 0 Å². The van der Waals surface area contributed by atoms with Gasteiger partial charge in [0.1, 0.15) is 0 Å². The molecule has 3 aromatic rings. The van der Waals surface area contributed by atoms with Crippen LogP contribution in [0.1, 0.15) is 17.5 Å². The van der Waals surface area contributed by atoms with Gasteiger partial charge in [-0.15, -0.1) is 0 Å². The fourth-order valence-corrected chi connectivity index (χ4v) is 3.42. The molecular formula is C22H22N4O2. The molecule has 1 aromatic heterocycles. The highest BCUT2D eigenvalue weighted by atomic mass is 16.2.